The van der Waals surface area contributed by atoms with E-state index in [4.69, 9.17) is 10.5 Å². The number of ether oxygens (including phenoxy) is 1. The number of hydrogen-bond acceptors (Lipinski definition) is 4. The van der Waals surface area contributed by atoms with E-state index < -0.39 is 0 Å². The number of piperidine rings is 1. The topological polar surface area (TPSA) is 84.7 Å². The molecule has 6 nitrogen and oxygen atoms in total. The number of benzene rings is 1. The molecule has 1 unspecified atom stereocenters. The van der Waals surface area contributed by atoms with Gasteiger partial charge in [-0.3, -0.25) is 9.59 Å². The van der Waals surface area contributed by atoms with E-state index in [-0.39, 0.29) is 36.9 Å². The van der Waals surface area contributed by atoms with Crippen LogP contribution in [0.3, 0.4) is 0 Å². The first-order chi connectivity index (χ1) is 11.6. The molecule has 1 saturated heterocycles. The summed E-state index contributed by atoms with van der Waals surface area (Å²) in [5, 5.41) is 2.86. The monoisotopic (exact) mass is 433 g/mol. The summed E-state index contributed by atoms with van der Waals surface area (Å²) in [5.74, 6) is 0.538. The molecule has 8 heteroatoms. The van der Waals surface area contributed by atoms with Gasteiger partial charge in [0.05, 0.1) is 0 Å². The summed E-state index contributed by atoms with van der Waals surface area (Å²) >= 11 is 3.38. The molecule has 1 atom stereocenters. The molecule has 0 radical (unpaired) electrons. The lowest BCUT2D eigenvalue weighted by Gasteiger charge is -2.35. The number of halogens is 2. The summed E-state index contributed by atoms with van der Waals surface area (Å²) in [4.78, 5) is 25.9. The molecule has 2 amide bonds. The molecule has 0 bridgehead atoms. The second kappa shape index (κ2) is 11.3. The van der Waals surface area contributed by atoms with Crippen molar-refractivity contribution in [3.8, 4) is 5.75 Å². The summed E-state index contributed by atoms with van der Waals surface area (Å²) in [6, 6.07) is 7.44. The van der Waals surface area contributed by atoms with Gasteiger partial charge >= 0.3 is 0 Å². The fraction of sp³-hybridized carbons (Fsp3) is 0.529. The van der Waals surface area contributed by atoms with Gasteiger partial charge in [0.1, 0.15) is 5.75 Å². The van der Waals surface area contributed by atoms with Crippen molar-refractivity contribution < 1.29 is 14.3 Å². The Hall–Kier alpha value is -1.31. The second-order valence-electron chi connectivity index (χ2n) is 5.83. The fourth-order valence-corrected chi connectivity index (χ4v) is 3.16. The Bertz CT molecular complexity index is 574. The smallest absolute Gasteiger partial charge is 0.260 e. The van der Waals surface area contributed by atoms with Gasteiger partial charge in [-0.15, -0.1) is 12.4 Å². The molecule has 0 saturated carbocycles. The average molecular weight is 435 g/mol. The van der Waals surface area contributed by atoms with Gasteiger partial charge in [0, 0.05) is 36.6 Å². The normalized spacial score (nSPS) is 16.7. The highest BCUT2D eigenvalue weighted by Crippen LogP contribution is 2.19. The van der Waals surface area contributed by atoms with Gasteiger partial charge in [-0.1, -0.05) is 22.0 Å². The SMILES string of the molecule is Cl.NCCC(=O)NCC1CCCCN1C(=O)COc1cccc(Br)c1. The van der Waals surface area contributed by atoms with E-state index >= 15 is 0 Å². The predicted molar refractivity (Wildman–Crippen MR) is 103 cm³/mol. The molecule has 0 aromatic heterocycles. The van der Waals surface area contributed by atoms with Crippen molar-refractivity contribution in [1.82, 2.24) is 10.2 Å². The molecule has 140 valence electrons. The Labute approximate surface area is 163 Å². The highest BCUT2D eigenvalue weighted by Gasteiger charge is 2.27. The third-order valence-electron chi connectivity index (χ3n) is 4.01. The summed E-state index contributed by atoms with van der Waals surface area (Å²) in [7, 11) is 0. The molecule has 1 heterocycles. The number of likely N-dealkylation sites (tertiary alicyclic amines) is 1. The van der Waals surface area contributed by atoms with E-state index in [0.717, 1.165) is 23.7 Å². The first-order valence-electron chi connectivity index (χ1n) is 8.24. The lowest BCUT2D eigenvalue weighted by Crippen LogP contribution is -2.50. The minimum Gasteiger partial charge on any atom is -0.484 e. The highest BCUT2D eigenvalue weighted by atomic mass is 79.9. The summed E-state index contributed by atoms with van der Waals surface area (Å²) in [5.41, 5.74) is 5.37. The van der Waals surface area contributed by atoms with Crippen LogP contribution in [0, 0.1) is 0 Å². The van der Waals surface area contributed by atoms with Gasteiger partial charge in [-0.2, -0.15) is 0 Å². The molecule has 1 aromatic rings. The first kappa shape index (κ1) is 21.7. The summed E-state index contributed by atoms with van der Waals surface area (Å²) in [6.45, 7) is 1.52. The van der Waals surface area contributed by atoms with E-state index in [0.29, 0.717) is 31.8 Å². The van der Waals surface area contributed by atoms with Crippen molar-refractivity contribution in [2.24, 2.45) is 5.73 Å². The van der Waals surface area contributed by atoms with Crippen molar-refractivity contribution in [1.29, 1.82) is 0 Å². The van der Waals surface area contributed by atoms with Crippen LogP contribution in [0.25, 0.3) is 0 Å². The molecule has 1 fully saturated rings. The van der Waals surface area contributed by atoms with Gasteiger partial charge in [-0.05, 0) is 37.5 Å². The number of nitrogens with two attached hydrogens (primary N) is 1. The lowest BCUT2D eigenvalue weighted by atomic mass is 10.0. The van der Waals surface area contributed by atoms with E-state index in [1.807, 2.05) is 29.2 Å². The van der Waals surface area contributed by atoms with Crippen molar-refractivity contribution in [2.45, 2.75) is 31.7 Å². The molecular formula is C17H25BrClN3O3. The highest BCUT2D eigenvalue weighted by molar-refractivity contribution is 9.10. The van der Waals surface area contributed by atoms with Crippen LogP contribution in [0.5, 0.6) is 5.75 Å². The number of nitrogens with zero attached hydrogens (tertiary/aromatic N) is 1. The predicted octanol–water partition coefficient (Wildman–Crippen LogP) is 2.10. The third kappa shape index (κ3) is 7.22. The van der Waals surface area contributed by atoms with Crippen molar-refractivity contribution in [2.75, 3.05) is 26.2 Å². The van der Waals surface area contributed by atoms with Crippen molar-refractivity contribution >= 4 is 40.2 Å². The second-order valence-corrected chi connectivity index (χ2v) is 6.74. The summed E-state index contributed by atoms with van der Waals surface area (Å²) < 4.78 is 6.50. The molecule has 2 rings (SSSR count). The van der Waals surface area contributed by atoms with Crippen LogP contribution >= 0.6 is 28.3 Å². The molecule has 3 N–H and O–H groups in total. The molecular weight excluding hydrogens is 410 g/mol. The lowest BCUT2D eigenvalue weighted by molar-refractivity contribution is -0.137. The Morgan fingerprint density at radius 1 is 1.36 bits per heavy atom. The van der Waals surface area contributed by atoms with Gasteiger partial charge < -0.3 is 20.7 Å². The van der Waals surface area contributed by atoms with Crippen LogP contribution < -0.4 is 15.8 Å². The Morgan fingerprint density at radius 3 is 2.88 bits per heavy atom. The maximum Gasteiger partial charge on any atom is 0.260 e. The van der Waals surface area contributed by atoms with Crippen molar-refractivity contribution in [3.63, 3.8) is 0 Å². The maximum atomic E-state index is 12.5. The minimum atomic E-state index is -0.0686. The third-order valence-corrected chi connectivity index (χ3v) is 4.51. The largest absolute Gasteiger partial charge is 0.484 e. The number of carbonyl (C=O) groups excluding carboxylic acids is 2. The zero-order valence-electron chi connectivity index (χ0n) is 14.1. The Balaban J connectivity index is 0.00000312. The minimum absolute atomic E-state index is 0. The molecule has 1 aliphatic heterocycles. The first-order valence-corrected chi connectivity index (χ1v) is 9.04. The van der Waals surface area contributed by atoms with Gasteiger partial charge in [0.2, 0.25) is 5.91 Å². The number of rotatable bonds is 7. The molecule has 1 aliphatic rings. The van der Waals surface area contributed by atoms with Gasteiger partial charge in [0.15, 0.2) is 6.61 Å². The van der Waals surface area contributed by atoms with Gasteiger partial charge in [-0.25, -0.2) is 0 Å². The number of nitrogens with one attached hydrogen (secondary N) is 1. The van der Waals surface area contributed by atoms with E-state index in [1.165, 1.54) is 0 Å². The van der Waals surface area contributed by atoms with E-state index in [2.05, 4.69) is 21.2 Å². The number of hydrogen-bond donors (Lipinski definition) is 2. The quantitative estimate of drug-likeness (QED) is 0.688. The zero-order valence-corrected chi connectivity index (χ0v) is 16.5. The van der Waals surface area contributed by atoms with Crippen LogP contribution in [0.15, 0.2) is 28.7 Å². The van der Waals surface area contributed by atoms with Crippen LogP contribution in [0.1, 0.15) is 25.7 Å². The van der Waals surface area contributed by atoms with Crippen LogP contribution in [0.4, 0.5) is 0 Å². The standard InChI is InChI=1S/C17H24BrN3O3.ClH/c18-13-4-3-6-15(10-13)24-12-17(23)21-9-2-1-5-14(21)11-20-16(22)7-8-19;/h3-4,6,10,14H,1-2,5,7-9,11-12,19H2,(H,20,22);1H. The molecule has 0 aliphatic carbocycles. The van der Waals surface area contributed by atoms with Crippen LogP contribution in [-0.2, 0) is 9.59 Å². The van der Waals surface area contributed by atoms with E-state index in [9.17, 15) is 9.59 Å². The average Bonchev–Trinajstić information content (AvgIpc) is 2.58. The van der Waals surface area contributed by atoms with Crippen LogP contribution in [-0.4, -0.2) is 49.0 Å². The van der Waals surface area contributed by atoms with E-state index in [1.54, 1.807) is 0 Å². The number of carbonyl (C=O) groups is 2. The molecule has 1 aromatic carbocycles. The molecule has 0 spiro atoms. The zero-order chi connectivity index (χ0) is 17.4. The molecule has 25 heavy (non-hydrogen) atoms. The Morgan fingerprint density at radius 2 is 2.16 bits per heavy atom. The van der Waals surface area contributed by atoms with Crippen LogP contribution in [0.2, 0.25) is 0 Å². The number of amides is 2. The summed E-state index contributed by atoms with van der Waals surface area (Å²) in [6.07, 6.45) is 3.25. The maximum absolute atomic E-state index is 12.5. The van der Waals surface area contributed by atoms with Gasteiger partial charge in [0.25, 0.3) is 5.91 Å². The fourth-order valence-electron chi connectivity index (χ4n) is 2.78. The van der Waals surface area contributed by atoms with Crippen molar-refractivity contribution in [3.05, 3.63) is 28.7 Å². The Kier molecular flexibility index (Phi) is 9.85.